The van der Waals surface area contributed by atoms with Crippen LogP contribution in [0.15, 0.2) is 42.5 Å². The Labute approximate surface area is 170 Å². The van der Waals surface area contributed by atoms with Crippen LogP contribution in [0.4, 0.5) is 22.7 Å². The maximum Gasteiger partial charge on any atom is 0.271 e. The van der Waals surface area contributed by atoms with Crippen LogP contribution in [0.5, 0.6) is 5.75 Å². The highest BCUT2D eigenvalue weighted by Gasteiger charge is 2.18. The molecule has 2 N–H and O–H groups in total. The molecule has 0 aliphatic carbocycles. The van der Waals surface area contributed by atoms with Gasteiger partial charge < -0.3 is 20.3 Å². The van der Waals surface area contributed by atoms with E-state index in [-0.39, 0.29) is 17.3 Å². The number of benzene rings is 2. The number of methoxy groups -OCH3 is 1. The van der Waals surface area contributed by atoms with Gasteiger partial charge in [0.1, 0.15) is 11.8 Å². The molecule has 154 valence electrons. The first-order chi connectivity index (χ1) is 14.0. The molecule has 0 radical (unpaired) electrons. The van der Waals surface area contributed by atoms with E-state index in [1.165, 1.54) is 50.3 Å². The average Bonchev–Trinajstić information content (AvgIpc) is 2.74. The van der Waals surface area contributed by atoms with E-state index in [1.807, 2.05) is 12.1 Å². The first-order valence-electron chi connectivity index (χ1n) is 9.73. The standard InChI is InChI=1S/C21H26N4O4/c1-15(21(26)23-19-14-18(25(27)28)10-11-20(19)29-2)22-16-6-8-17(9-7-16)24-12-4-3-5-13-24/h6-11,14-15,22H,3-5,12-13H2,1-2H3,(H,23,26). The van der Waals surface area contributed by atoms with Crippen LogP contribution in [0.3, 0.4) is 0 Å². The van der Waals surface area contributed by atoms with E-state index in [4.69, 9.17) is 4.74 Å². The van der Waals surface area contributed by atoms with Crippen LogP contribution >= 0.6 is 0 Å². The second-order valence-corrected chi connectivity index (χ2v) is 7.09. The minimum absolute atomic E-state index is 0.116. The lowest BCUT2D eigenvalue weighted by molar-refractivity contribution is -0.384. The van der Waals surface area contributed by atoms with Crippen molar-refractivity contribution in [2.75, 3.05) is 35.7 Å². The first kappa shape index (κ1) is 20.4. The molecule has 1 saturated heterocycles. The van der Waals surface area contributed by atoms with Crippen molar-refractivity contribution in [3.05, 3.63) is 52.6 Å². The van der Waals surface area contributed by atoms with Gasteiger partial charge in [-0.1, -0.05) is 0 Å². The highest BCUT2D eigenvalue weighted by atomic mass is 16.6. The van der Waals surface area contributed by atoms with Gasteiger partial charge in [-0.2, -0.15) is 0 Å². The summed E-state index contributed by atoms with van der Waals surface area (Å²) in [7, 11) is 1.45. The quantitative estimate of drug-likeness (QED) is 0.540. The van der Waals surface area contributed by atoms with Gasteiger partial charge in [0.15, 0.2) is 0 Å². The van der Waals surface area contributed by atoms with Crippen molar-refractivity contribution in [3.63, 3.8) is 0 Å². The summed E-state index contributed by atoms with van der Waals surface area (Å²) in [6, 6.07) is 11.6. The van der Waals surface area contributed by atoms with Crippen LogP contribution in [0.2, 0.25) is 0 Å². The van der Waals surface area contributed by atoms with Crippen molar-refractivity contribution in [3.8, 4) is 5.75 Å². The number of rotatable bonds is 7. The van der Waals surface area contributed by atoms with Crippen LogP contribution in [-0.2, 0) is 4.79 Å². The van der Waals surface area contributed by atoms with E-state index in [9.17, 15) is 14.9 Å². The van der Waals surface area contributed by atoms with Gasteiger partial charge in [0.2, 0.25) is 5.91 Å². The lowest BCUT2D eigenvalue weighted by Crippen LogP contribution is -2.32. The number of hydrogen-bond acceptors (Lipinski definition) is 6. The molecule has 0 aromatic heterocycles. The lowest BCUT2D eigenvalue weighted by Gasteiger charge is -2.29. The third-order valence-corrected chi connectivity index (χ3v) is 5.02. The van der Waals surface area contributed by atoms with Gasteiger partial charge >= 0.3 is 0 Å². The van der Waals surface area contributed by atoms with E-state index in [0.717, 1.165) is 18.8 Å². The number of nitrogens with one attached hydrogen (secondary N) is 2. The van der Waals surface area contributed by atoms with Crippen LogP contribution in [-0.4, -0.2) is 37.1 Å². The normalized spacial score (nSPS) is 14.8. The smallest absolute Gasteiger partial charge is 0.271 e. The summed E-state index contributed by atoms with van der Waals surface area (Å²) < 4.78 is 5.19. The van der Waals surface area contributed by atoms with E-state index in [1.54, 1.807) is 6.92 Å². The van der Waals surface area contributed by atoms with Gasteiger partial charge in [0.25, 0.3) is 5.69 Å². The molecule has 1 aliphatic heterocycles. The minimum Gasteiger partial charge on any atom is -0.495 e. The molecule has 1 atom stereocenters. The molecular weight excluding hydrogens is 372 g/mol. The number of nitro benzene ring substituents is 1. The molecule has 0 bridgehead atoms. The first-order valence-corrected chi connectivity index (χ1v) is 9.73. The molecule has 3 rings (SSSR count). The number of non-ortho nitro benzene ring substituents is 1. The Morgan fingerprint density at radius 1 is 1.14 bits per heavy atom. The lowest BCUT2D eigenvalue weighted by atomic mass is 10.1. The molecule has 1 amide bonds. The fourth-order valence-corrected chi connectivity index (χ4v) is 3.38. The largest absolute Gasteiger partial charge is 0.495 e. The highest BCUT2D eigenvalue weighted by molar-refractivity contribution is 5.97. The van der Waals surface area contributed by atoms with Gasteiger partial charge in [0.05, 0.1) is 17.7 Å². The Bertz CT molecular complexity index is 863. The summed E-state index contributed by atoms with van der Waals surface area (Å²) in [6.45, 7) is 3.89. The molecule has 29 heavy (non-hydrogen) atoms. The van der Waals surface area contributed by atoms with E-state index < -0.39 is 11.0 Å². The zero-order chi connectivity index (χ0) is 20.8. The predicted octanol–water partition coefficient (Wildman–Crippen LogP) is 4.03. The van der Waals surface area contributed by atoms with Crippen LogP contribution < -0.4 is 20.3 Å². The number of amides is 1. The fraction of sp³-hybridized carbons (Fsp3) is 0.381. The summed E-state index contributed by atoms with van der Waals surface area (Å²) >= 11 is 0. The van der Waals surface area contributed by atoms with Crippen LogP contribution in [0, 0.1) is 10.1 Å². The summed E-state index contributed by atoms with van der Waals surface area (Å²) in [5.74, 6) is 0.0472. The topological polar surface area (TPSA) is 96.7 Å². The molecule has 2 aromatic rings. The minimum atomic E-state index is -0.542. The van der Waals surface area contributed by atoms with Gasteiger partial charge in [-0.3, -0.25) is 14.9 Å². The van der Waals surface area contributed by atoms with Gasteiger partial charge in [-0.05, 0) is 56.5 Å². The molecule has 0 spiro atoms. The van der Waals surface area contributed by atoms with Crippen molar-refractivity contribution >= 4 is 28.7 Å². The van der Waals surface area contributed by atoms with Crippen molar-refractivity contribution in [1.29, 1.82) is 0 Å². The average molecular weight is 398 g/mol. The number of nitro groups is 1. The number of ether oxygens (including phenoxy) is 1. The van der Waals surface area contributed by atoms with Gasteiger partial charge in [0, 0.05) is 36.6 Å². The Balaban J connectivity index is 1.63. The fourth-order valence-electron chi connectivity index (χ4n) is 3.38. The number of hydrogen-bond donors (Lipinski definition) is 2. The number of anilines is 3. The van der Waals surface area contributed by atoms with Gasteiger partial charge in [-0.15, -0.1) is 0 Å². The molecule has 8 heteroatoms. The molecule has 1 heterocycles. The monoisotopic (exact) mass is 398 g/mol. The van der Waals surface area contributed by atoms with E-state index >= 15 is 0 Å². The number of piperidine rings is 1. The third kappa shape index (κ3) is 5.16. The molecular formula is C21H26N4O4. The SMILES string of the molecule is COc1ccc([N+](=O)[O-])cc1NC(=O)C(C)Nc1ccc(N2CCCCC2)cc1. The Morgan fingerprint density at radius 3 is 2.45 bits per heavy atom. The summed E-state index contributed by atoms with van der Waals surface area (Å²) in [4.78, 5) is 25.4. The van der Waals surface area contributed by atoms with Crippen LogP contribution in [0.25, 0.3) is 0 Å². The molecule has 2 aromatic carbocycles. The Morgan fingerprint density at radius 2 is 1.83 bits per heavy atom. The molecule has 8 nitrogen and oxygen atoms in total. The van der Waals surface area contributed by atoms with Crippen molar-refractivity contribution in [2.45, 2.75) is 32.2 Å². The maximum atomic E-state index is 12.6. The van der Waals surface area contributed by atoms with E-state index in [0.29, 0.717) is 5.75 Å². The molecule has 1 aliphatic rings. The zero-order valence-electron chi connectivity index (χ0n) is 16.7. The predicted molar refractivity (Wildman–Crippen MR) is 114 cm³/mol. The number of nitrogens with zero attached hydrogens (tertiary/aromatic N) is 2. The Kier molecular flexibility index (Phi) is 6.54. The third-order valence-electron chi connectivity index (χ3n) is 5.02. The second-order valence-electron chi connectivity index (χ2n) is 7.09. The van der Waals surface area contributed by atoms with Crippen molar-refractivity contribution < 1.29 is 14.5 Å². The second kappa shape index (κ2) is 9.27. The Hall–Kier alpha value is -3.29. The van der Waals surface area contributed by atoms with Crippen molar-refractivity contribution in [1.82, 2.24) is 0 Å². The summed E-state index contributed by atoms with van der Waals surface area (Å²) in [5.41, 5.74) is 2.17. The van der Waals surface area contributed by atoms with Crippen molar-refractivity contribution in [2.24, 2.45) is 0 Å². The summed E-state index contributed by atoms with van der Waals surface area (Å²) in [5, 5.41) is 16.9. The highest BCUT2D eigenvalue weighted by Crippen LogP contribution is 2.29. The molecule has 1 unspecified atom stereocenters. The molecule has 1 fully saturated rings. The maximum absolute atomic E-state index is 12.6. The number of carbonyl (C=O) groups is 1. The van der Waals surface area contributed by atoms with E-state index in [2.05, 4.69) is 27.7 Å². The number of carbonyl (C=O) groups excluding carboxylic acids is 1. The van der Waals surface area contributed by atoms with Crippen LogP contribution in [0.1, 0.15) is 26.2 Å². The zero-order valence-corrected chi connectivity index (χ0v) is 16.7. The van der Waals surface area contributed by atoms with Gasteiger partial charge in [-0.25, -0.2) is 0 Å². The molecule has 0 saturated carbocycles. The summed E-state index contributed by atoms with van der Waals surface area (Å²) in [6.07, 6.45) is 3.73.